The number of benzene rings is 1. The standard InChI is InChI=1S/C25H29N9O3/c1-35-15-16-36-19-6-4-18(5-7-19)32-11-8-31(9-12-32)10-13-33-23-20(17-27-33)24-28-22(21-3-2-14-37-21)30-34(24)25(26)29-23/h2-7,14,17H,8-13,15-16H2,1H3,(H2,26,29)/i8D2,9D2,11D2,12D2,15D2,16D2. The normalized spacial score (nSPS) is 25.7. The maximum Gasteiger partial charge on any atom is 0.225 e. The molecule has 2 N–H and O–H groups in total. The van der Waals surface area contributed by atoms with E-state index in [9.17, 15) is 0 Å². The Morgan fingerprint density at radius 3 is 2.65 bits per heavy atom. The predicted octanol–water partition coefficient (Wildman–Crippen LogP) is 2.16. The van der Waals surface area contributed by atoms with E-state index in [0.717, 1.165) is 31.4 Å². The lowest BCUT2D eigenvalue weighted by atomic mass is 10.2. The third-order valence-electron chi connectivity index (χ3n) is 5.38. The molecule has 1 aliphatic heterocycles. The number of nitrogens with zero attached hydrogens (tertiary/aromatic N) is 8. The Hall–Kier alpha value is -4.16. The van der Waals surface area contributed by atoms with Gasteiger partial charge in [0.05, 0.1) is 41.9 Å². The number of furan rings is 1. The van der Waals surface area contributed by atoms with E-state index in [1.165, 1.54) is 21.7 Å². The van der Waals surface area contributed by atoms with Gasteiger partial charge in [-0.2, -0.15) is 14.6 Å². The lowest BCUT2D eigenvalue weighted by Crippen LogP contribution is -2.47. The lowest BCUT2D eigenvalue weighted by Gasteiger charge is -2.36. The molecule has 5 aromatic rings. The average Bonchev–Trinajstić information content (AvgIpc) is 3.77. The van der Waals surface area contributed by atoms with Gasteiger partial charge in [-0.15, -0.1) is 5.10 Å². The van der Waals surface area contributed by atoms with Crippen molar-refractivity contribution in [2.75, 3.05) is 63.4 Å². The highest BCUT2D eigenvalue weighted by atomic mass is 16.5. The molecule has 37 heavy (non-hydrogen) atoms. The summed E-state index contributed by atoms with van der Waals surface area (Å²) < 4.78 is 119. The van der Waals surface area contributed by atoms with Crippen LogP contribution < -0.4 is 15.4 Å². The lowest BCUT2D eigenvalue weighted by molar-refractivity contribution is 0.146. The van der Waals surface area contributed by atoms with Crippen LogP contribution in [-0.2, 0) is 11.3 Å². The Labute approximate surface area is 230 Å². The highest BCUT2D eigenvalue weighted by Gasteiger charge is 2.20. The van der Waals surface area contributed by atoms with E-state index in [4.69, 9.17) is 31.3 Å². The van der Waals surface area contributed by atoms with Crippen molar-refractivity contribution in [3.63, 3.8) is 0 Å². The first-order valence-corrected chi connectivity index (χ1v) is 11.0. The van der Waals surface area contributed by atoms with E-state index < -0.39 is 45.7 Å². The third kappa shape index (κ3) is 4.68. The van der Waals surface area contributed by atoms with E-state index in [1.54, 1.807) is 12.1 Å². The summed E-state index contributed by atoms with van der Waals surface area (Å²) in [5.41, 5.74) is 6.33. The number of hydrogen-bond donors (Lipinski definition) is 1. The van der Waals surface area contributed by atoms with Crippen molar-refractivity contribution >= 4 is 28.3 Å². The van der Waals surface area contributed by atoms with Crippen LogP contribution in [0.4, 0.5) is 11.6 Å². The van der Waals surface area contributed by atoms with Gasteiger partial charge in [-0.3, -0.25) is 4.90 Å². The van der Waals surface area contributed by atoms with Crippen LogP contribution in [0.1, 0.15) is 16.4 Å². The average molecular weight is 516 g/mol. The van der Waals surface area contributed by atoms with Gasteiger partial charge in [0.15, 0.2) is 17.1 Å². The van der Waals surface area contributed by atoms with E-state index >= 15 is 0 Å². The predicted molar refractivity (Wildman–Crippen MR) is 139 cm³/mol. The van der Waals surface area contributed by atoms with Crippen LogP contribution in [0.15, 0.2) is 53.3 Å². The molecule has 0 amide bonds. The quantitative estimate of drug-likeness (QED) is 0.312. The molecule has 1 saturated heterocycles. The third-order valence-corrected chi connectivity index (χ3v) is 5.38. The van der Waals surface area contributed by atoms with Crippen molar-refractivity contribution in [3.05, 3.63) is 48.9 Å². The number of rotatable bonds is 9. The molecule has 0 aliphatic carbocycles. The molecule has 1 aliphatic rings. The molecule has 12 heteroatoms. The van der Waals surface area contributed by atoms with Crippen LogP contribution in [0.25, 0.3) is 28.3 Å². The highest BCUT2D eigenvalue weighted by molar-refractivity contribution is 5.90. The summed E-state index contributed by atoms with van der Waals surface area (Å²) in [6.07, 6.45) is 2.87. The van der Waals surface area contributed by atoms with Gasteiger partial charge >= 0.3 is 0 Å². The summed E-state index contributed by atoms with van der Waals surface area (Å²) in [6.45, 7) is -19.3. The summed E-state index contributed by atoms with van der Waals surface area (Å²) in [6, 6.07) is 7.68. The first-order valence-electron chi connectivity index (χ1n) is 17.0. The van der Waals surface area contributed by atoms with Crippen LogP contribution in [0.2, 0.25) is 0 Å². The van der Waals surface area contributed by atoms with Gasteiger partial charge in [-0.05, 0) is 36.4 Å². The number of hydrogen-bond acceptors (Lipinski definition) is 10. The molecule has 1 aromatic carbocycles. The minimum atomic E-state index is -3.20. The van der Waals surface area contributed by atoms with Crippen LogP contribution in [0.5, 0.6) is 5.75 Å². The topological polar surface area (TPSA) is 125 Å². The van der Waals surface area contributed by atoms with E-state index in [2.05, 4.69) is 24.9 Å². The first kappa shape index (κ1) is 13.4. The molecular weight excluding hydrogens is 474 g/mol. The summed E-state index contributed by atoms with van der Waals surface area (Å²) in [5, 5.41) is 9.00. The van der Waals surface area contributed by atoms with E-state index in [1.807, 2.05) is 0 Å². The van der Waals surface area contributed by atoms with Crippen molar-refractivity contribution in [1.82, 2.24) is 34.3 Å². The number of ether oxygens (including phenoxy) is 2. The van der Waals surface area contributed by atoms with E-state index in [-0.39, 0.29) is 41.0 Å². The van der Waals surface area contributed by atoms with Crippen LogP contribution >= 0.6 is 0 Å². The van der Waals surface area contributed by atoms with Crippen molar-refractivity contribution in [3.8, 4) is 17.3 Å². The Morgan fingerprint density at radius 1 is 1.05 bits per heavy atom. The summed E-state index contributed by atoms with van der Waals surface area (Å²) in [4.78, 5) is 9.60. The Bertz CT molecular complexity index is 1970. The molecule has 12 nitrogen and oxygen atoms in total. The summed E-state index contributed by atoms with van der Waals surface area (Å²) in [7, 11) is 0.953. The molecule has 0 unspecified atom stereocenters. The minimum absolute atomic E-state index is 0.0635. The second kappa shape index (κ2) is 10.1. The van der Waals surface area contributed by atoms with Gasteiger partial charge < -0.3 is 24.5 Å². The number of nitrogen functional groups attached to an aromatic ring is 1. The summed E-state index contributed by atoms with van der Waals surface area (Å²) in [5.74, 6) is 0.321. The minimum Gasteiger partial charge on any atom is -0.491 e. The van der Waals surface area contributed by atoms with Gasteiger partial charge in [0.1, 0.15) is 12.3 Å². The molecule has 6 rings (SSSR count). The zero-order chi connectivity index (χ0) is 35.9. The Kier molecular flexibility index (Phi) is 3.65. The molecule has 1 fully saturated rings. The van der Waals surface area contributed by atoms with Crippen LogP contribution in [-0.4, -0.2) is 87.0 Å². The fourth-order valence-electron chi connectivity index (χ4n) is 3.63. The fourth-order valence-corrected chi connectivity index (χ4v) is 3.63. The highest BCUT2D eigenvalue weighted by Crippen LogP contribution is 2.24. The van der Waals surface area contributed by atoms with Gasteiger partial charge in [-0.25, -0.2) is 9.67 Å². The fraction of sp³-hybridized carbons (Fsp3) is 0.360. The van der Waals surface area contributed by atoms with Gasteiger partial charge in [0, 0.05) is 50.8 Å². The number of aromatic nitrogens is 6. The monoisotopic (exact) mass is 515 g/mol. The Balaban J connectivity index is 1.29. The molecule has 5 heterocycles. The van der Waals surface area contributed by atoms with Crippen molar-refractivity contribution in [2.24, 2.45) is 0 Å². The molecule has 4 aromatic heterocycles. The number of fused-ring (bicyclic) bond motifs is 3. The maximum absolute atomic E-state index is 8.80. The van der Waals surface area contributed by atoms with Gasteiger partial charge in [-0.1, -0.05) is 0 Å². The number of piperazine rings is 1. The van der Waals surface area contributed by atoms with Gasteiger partial charge in [0.2, 0.25) is 11.8 Å². The molecule has 192 valence electrons. The maximum atomic E-state index is 8.80. The molecule has 0 bridgehead atoms. The second-order valence-corrected chi connectivity index (χ2v) is 7.66. The molecule has 0 spiro atoms. The second-order valence-electron chi connectivity index (χ2n) is 7.66. The van der Waals surface area contributed by atoms with Crippen LogP contribution in [0.3, 0.4) is 0 Å². The zero-order valence-electron chi connectivity index (χ0n) is 31.4. The number of nitrogens with two attached hydrogens (primary N) is 1. The zero-order valence-corrected chi connectivity index (χ0v) is 19.4. The van der Waals surface area contributed by atoms with Gasteiger partial charge in [0.25, 0.3) is 0 Å². The molecule has 0 atom stereocenters. The van der Waals surface area contributed by atoms with Crippen molar-refractivity contribution in [1.29, 1.82) is 0 Å². The summed E-state index contributed by atoms with van der Waals surface area (Å²) >= 11 is 0. The number of anilines is 2. The van der Waals surface area contributed by atoms with Crippen molar-refractivity contribution < 1.29 is 30.3 Å². The van der Waals surface area contributed by atoms with Crippen LogP contribution in [0, 0.1) is 0 Å². The smallest absolute Gasteiger partial charge is 0.225 e. The number of methoxy groups -OCH3 is 1. The van der Waals surface area contributed by atoms with E-state index in [0.29, 0.717) is 20.9 Å². The molecular formula is C25H29N9O3. The largest absolute Gasteiger partial charge is 0.491 e. The van der Waals surface area contributed by atoms with Crippen molar-refractivity contribution in [2.45, 2.75) is 6.54 Å². The molecule has 0 radical (unpaired) electrons. The Morgan fingerprint density at radius 2 is 1.89 bits per heavy atom. The first-order chi connectivity index (χ1) is 22.7. The molecule has 0 saturated carbocycles. The SMILES string of the molecule is [2H]C([2H])(OC)C([2H])([2H])Oc1ccc(N2C([2H])([2H])C([2H])([2H])N(CCn3ncc4c3nc(N)n3nc(-c5ccco5)nc43)C([2H])([2H])C2([2H])[2H])cc1.